The minimum absolute atomic E-state index is 0.0185. The molecule has 118 valence electrons. The normalized spacial score (nSPS) is 13.2. The van der Waals surface area contributed by atoms with Gasteiger partial charge >= 0.3 is 0 Å². The third-order valence-corrected chi connectivity index (χ3v) is 4.67. The maximum atomic E-state index is 12.2. The zero-order valence-corrected chi connectivity index (χ0v) is 14.8. The number of rotatable bonds is 6. The summed E-state index contributed by atoms with van der Waals surface area (Å²) in [5.74, 6) is 0.255. The summed E-state index contributed by atoms with van der Waals surface area (Å²) in [6, 6.07) is 4.17. The second-order valence-electron chi connectivity index (χ2n) is 5.53. The molecule has 0 spiro atoms. The predicted octanol–water partition coefficient (Wildman–Crippen LogP) is 2.65. The molecule has 0 heterocycles. The second kappa shape index (κ2) is 7.38. The number of amides is 1. The highest BCUT2D eigenvalue weighted by Gasteiger charge is 2.17. The number of hydrogen-bond donors (Lipinski definition) is 2. The first kappa shape index (κ1) is 18.1. The zero-order valence-electron chi connectivity index (χ0n) is 12.4. The number of benzene rings is 1. The van der Waals surface area contributed by atoms with Gasteiger partial charge < -0.3 is 5.32 Å². The van der Waals surface area contributed by atoms with Crippen LogP contribution in [0.3, 0.4) is 0 Å². The van der Waals surface area contributed by atoms with Gasteiger partial charge in [-0.15, -0.1) is 0 Å². The Bertz CT molecular complexity index is 615. The molecule has 0 aromatic heterocycles. The Balaban J connectivity index is 2.87. The third kappa shape index (κ3) is 5.76. The molecule has 21 heavy (non-hydrogen) atoms. The van der Waals surface area contributed by atoms with Crippen LogP contribution < -0.4 is 10.5 Å². The fourth-order valence-electron chi connectivity index (χ4n) is 1.81. The van der Waals surface area contributed by atoms with E-state index in [9.17, 15) is 13.2 Å². The number of halogens is 1. The molecule has 1 aromatic rings. The van der Waals surface area contributed by atoms with Crippen LogP contribution in [0.1, 0.15) is 44.0 Å². The number of hydrogen-bond acceptors (Lipinski definition) is 3. The lowest BCUT2D eigenvalue weighted by Crippen LogP contribution is -2.33. The molecule has 0 fully saturated rings. The Hall–Kier alpha value is -0.920. The average molecular weight is 377 g/mol. The summed E-state index contributed by atoms with van der Waals surface area (Å²) in [6.07, 6.45) is 1.88. The summed E-state index contributed by atoms with van der Waals surface area (Å²) < 4.78 is 23.2. The molecule has 0 aliphatic heterocycles. The van der Waals surface area contributed by atoms with Crippen LogP contribution in [-0.2, 0) is 10.0 Å². The molecule has 0 saturated carbocycles. The molecule has 3 N–H and O–H groups in total. The Morgan fingerprint density at radius 2 is 1.90 bits per heavy atom. The molecule has 0 aliphatic rings. The van der Waals surface area contributed by atoms with Crippen molar-refractivity contribution in [1.82, 2.24) is 5.32 Å². The molecule has 0 unspecified atom stereocenters. The van der Waals surface area contributed by atoms with Crippen LogP contribution in [0.4, 0.5) is 0 Å². The van der Waals surface area contributed by atoms with Crippen molar-refractivity contribution in [1.29, 1.82) is 0 Å². The number of nitrogens with two attached hydrogens (primary N) is 1. The molecule has 0 saturated heterocycles. The van der Waals surface area contributed by atoms with Crippen LogP contribution >= 0.6 is 15.9 Å². The fraction of sp³-hybridized carbons (Fsp3) is 0.500. The van der Waals surface area contributed by atoms with Gasteiger partial charge in [-0.2, -0.15) is 0 Å². The monoisotopic (exact) mass is 376 g/mol. The predicted molar refractivity (Wildman–Crippen MR) is 86.5 cm³/mol. The van der Waals surface area contributed by atoms with E-state index in [4.69, 9.17) is 5.14 Å². The average Bonchev–Trinajstić information content (AvgIpc) is 2.35. The summed E-state index contributed by atoms with van der Waals surface area (Å²) in [5, 5.41) is 7.95. The van der Waals surface area contributed by atoms with Crippen molar-refractivity contribution in [3.05, 3.63) is 28.2 Å². The van der Waals surface area contributed by atoms with E-state index in [0.717, 1.165) is 12.8 Å². The van der Waals surface area contributed by atoms with Gasteiger partial charge in [0.2, 0.25) is 10.0 Å². The van der Waals surface area contributed by atoms with Crippen LogP contribution in [0, 0.1) is 5.92 Å². The van der Waals surface area contributed by atoms with Gasteiger partial charge in [-0.05, 0) is 59.8 Å². The largest absolute Gasteiger partial charge is 0.350 e. The van der Waals surface area contributed by atoms with Crippen molar-refractivity contribution in [3.8, 4) is 0 Å². The minimum Gasteiger partial charge on any atom is -0.350 e. The van der Waals surface area contributed by atoms with Gasteiger partial charge in [0.1, 0.15) is 0 Å². The quantitative estimate of drug-likeness (QED) is 0.799. The van der Waals surface area contributed by atoms with Gasteiger partial charge in [0.05, 0.1) is 10.5 Å². The first-order valence-corrected chi connectivity index (χ1v) is 9.08. The number of carbonyl (C=O) groups is 1. The van der Waals surface area contributed by atoms with Crippen molar-refractivity contribution >= 4 is 31.9 Å². The van der Waals surface area contributed by atoms with Gasteiger partial charge in [0.25, 0.3) is 5.91 Å². The van der Waals surface area contributed by atoms with E-state index in [1.54, 1.807) is 0 Å². The molecule has 7 heteroatoms. The van der Waals surface area contributed by atoms with Gasteiger partial charge in [-0.25, -0.2) is 13.6 Å². The summed E-state index contributed by atoms with van der Waals surface area (Å²) in [5.41, 5.74) is 0.262. The van der Waals surface area contributed by atoms with E-state index in [2.05, 4.69) is 35.1 Å². The van der Waals surface area contributed by atoms with Crippen LogP contribution in [0.2, 0.25) is 0 Å². The highest BCUT2D eigenvalue weighted by Crippen LogP contribution is 2.20. The lowest BCUT2D eigenvalue weighted by atomic mass is 10.0. The van der Waals surface area contributed by atoms with Gasteiger partial charge in [0, 0.05) is 10.5 Å². The number of nitrogens with one attached hydrogen (secondary N) is 1. The van der Waals surface area contributed by atoms with E-state index < -0.39 is 10.0 Å². The topological polar surface area (TPSA) is 89.3 Å². The maximum absolute atomic E-state index is 12.2. The van der Waals surface area contributed by atoms with Crippen molar-refractivity contribution in [3.63, 3.8) is 0 Å². The van der Waals surface area contributed by atoms with Crippen molar-refractivity contribution in [2.24, 2.45) is 11.1 Å². The summed E-state index contributed by atoms with van der Waals surface area (Å²) in [7, 11) is -3.83. The van der Waals surface area contributed by atoms with Crippen LogP contribution in [0.5, 0.6) is 0 Å². The molecule has 1 rings (SSSR count). The van der Waals surface area contributed by atoms with Gasteiger partial charge in [-0.3, -0.25) is 4.79 Å². The molecule has 5 nitrogen and oxygen atoms in total. The highest BCUT2D eigenvalue weighted by atomic mass is 79.9. The minimum atomic E-state index is -3.83. The Labute approximate surface area is 134 Å². The first-order chi connectivity index (χ1) is 9.61. The van der Waals surface area contributed by atoms with Crippen LogP contribution in [-0.4, -0.2) is 20.4 Å². The van der Waals surface area contributed by atoms with E-state index >= 15 is 0 Å². The lowest BCUT2D eigenvalue weighted by molar-refractivity contribution is 0.0936. The fourth-order valence-corrected chi connectivity index (χ4v) is 2.78. The second-order valence-corrected chi connectivity index (χ2v) is 7.95. The first-order valence-electron chi connectivity index (χ1n) is 6.74. The molecular formula is C14H21BrN2O3S. The number of sulfonamides is 1. The summed E-state index contributed by atoms with van der Waals surface area (Å²) >= 11 is 3.25. The summed E-state index contributed by atoms with van der Waals surface area (Å²) in [4.78, 5) is 12.1. The number of carbonyl (C=O) groups excluding carboxylic acids is 1. The molecule has 0 radical (unpaired) electrons. The SMILES string of the molecule is CC(C)CC[C@H](C)NC(=O)c1cc(S(N)(=O)=O)ccc1Br. The van der Waals surface area contributed by atoms with Gasteiger partial charge in [0.15, 0.2) is 0 Å². The Morgan fingerprint density at radius 1 is 1.29 bits per heavy atom. The van der Waals surface area contributed by atoms with Crippen molar-refractivity contribution in [2.75, 3.05) is 0 Å². The molecule has 1 atom stereocenters. The lowest BCUT2D eigenvalue weighted by Gasteiger charge is -2.16. The van der Waals surface area contributed by atoms with E-state index in [1.807, 2.05) is 6.92 Å². The molecule has 1 amide bonds. The number of primary sulfonamides is 1. The molecule has 0 aliphatic carbocycles. The van der Waals surface area contributed by atoms with Crippen molar-refractivity contribution in [2.45, 2.75) is 44.6 Å². The Morgan fingerprint density at radius 3 is 2.43 bits per heavy atom. The van der Waals surface area contributed by atoms with Crippen molar-refractivity contribution < 1.29 is 13.2 Å². The third-order valence-electron chi connectivity index (χ3n) is 3.07. The van der Waals surface area contributed by atoms with E-state index in [1.165, 1.54) is 18.2 Å². The van der Waals surface area contributed by atoms with E-state index in [-0.39, 0.29) is 22.4 Å². The molecule has 0 bridgehead atoms. The standard InChI is InChI=1S/C14H21BrN2O3S/c1-9(2)4-5-10(3)17-14(18)12-8-11(21(16,19)20)6-7-13(12)15/h6-10H,4-5H2,1-3H3,(H,17,18)(H2,16,19,20)/t10-/m0/s1. The summed E-state index contributed by atoms with van der Waals surface area (Å²) in [6.45, 7) is 6.18. The molecular weight excluding hydrogens is 356 g/mol. The van der Waals surface area contributed by atoms with Gasteiger partial charge in [-0.1, -0.05) is 13.8 Å². The van der Waals surface area contributed by atoms with Crippen LogP contribution in [0.25, 0.3) is 0 Å². The smallest absolute Gasteiger partial charge is 0.252 e. The van der Waals surface area contributed by atoms with E-state index in [0.29, 0.717) is 10.4 Å². The van der Waals surface area contributed by atoms with Crippen LogP contribution in [0.15, 0.2) is 27.6 Å². The Kier molecular flexibility index (Phi) is 6.37. The molecule has 1 aromatic carbocycles. The highest BCUT2D eigenvalue weighted by molar-refractivity contribution is 9.10. The maximum Gasteiger partial charge on any atom is 0.252 e. The zero-order chi connectivity index (χ0) is 16.2.